The molecule has 2 nitrogen and oxygen atoms in total. The standard InChI is InChI=1S/C16H15BrFNO/c17-13-5-3-12(9-14(13)18)16(19)11-4-6-15-10(8-11)2-1-7-20-15/h3-6,8-9,16H,1-2,7,19H2. The average Bonchev–Trinajstić information content (AvgIpc) is 2.49. The quantitative estimate of drug-likeness (QED) is 0.901. The van der Waals surface area contributed by atoms with Crippen molar-refractivity contribution in [2.75, 3.05) is 6.61 Å². The predicted molar refractivity (Wildman–Crippen MR) is 80.4 cm³/mol. The second kappa shape index (κ2) is 5.54. The SMILES string of the molecule is NC(c1ccc(Br)c(F)c1)c1ccc2c(c1)CCCO2. The van der Waals surface area contributed by atoms with Gasteiger partial charge in [0.25, 0.3) is 0 Å². The predicted octanol–water partition coefficient (Wildman–Crippen LogP) is 3.96. The van der Waals surface area contributed by atoms with Crippen LogP contribution in [0.5, 0.6) is 5.75 Å². The van der Waals surface area contributed by atoms with Crippen LogP contribution < -0.4 is 10.5 Å². The van der Waals surface area contributed by atoms with E-state index in [0.717, 1.165) is 36.3 Å². The maximum atomic E-state index is 13.6. The summed E-state index contributed by atoms with van der Waals surface area (Å²) < 4.78 is 19.6. The summed E-state index contributed by atoms with van der Waals surface area (Å²) in [5, 5.41) is 0. The van der Waals surface area contributed by atoms with Crippen molar-refractivity contribution in [1.29, 1.82) is 0 Å². The van der Waals surface area contributed by atoms with Crippen LogP contribution >= 0.6 is 15.9 Å². The molecule has 20 heavy (non-hydrogen) atoms. The van der Waals surface area contributed by atoms with Crippen molar-refractivity contribution in [1.82, 2.24) is 0 Å². The molecule has 1 aliphatic heterocycles. The molecule has 2 aromatic carbocycles. The van der Waals surface area contributed by atoms with Gasteiger partial charge in [0.2, 0.25) is 0 Å². The van der Waals surface area contributed by atoms with Crippen molar-refractivity contribution in [3.8, 4) is 5.75 Å². The molecule has 0 spiro atoms. The van der Waals surface area contributed by atoms with Gasteiger partial charge in [0, 0.05) is 0 Å². The molecule has 3 rings (SSSR count). The number of halogens is 2. The van der Waals surface area contributed by atoms with Crippen LogP contribution in [-0.2, 0) is 6.42 Å². The summed E-state index contributed by atoms with van der Waals surface area (Å²) in [5.74, 6) is 0.647. The molecule has 0 radical (unpaired) electrons. The molecule has 1 heterocycles. The molecule has 0 amide bonds. The van der Waals surface area contributed by atoms with Gasteiger partial charge in [-0.1, -0.05) is 18.2 Å². The lowest BCUT2D eigenvalue weighted by Gasteiger charge is -2.20. The van der Waals surface area contributed by atoms with Gasteiger partial charge < -0.3 is 10.5 Å². The van der Waals surface area contributed by atoms with Crippen LogP contribution in [0.2, 0.25) is 0 Å². The van der Waals surface area contributed by atoms with E-state index in [1.54, 1.807) is 6.07 Å². The number of ether oxygens (including phenoxy) is 1. The van der Waals surface area contributed by atoms with Crippen molar-refractivity contribution >= 4 is 15.9 Å². The number of hydrogen-bond donors (Lipinski definition) is 1. The van der Waals surface area contributed by atoms with Crippen molar-refractivity contribution in [2.45, 2.75) is 18.9 Å². The van der Waals surface area contributed by atoms with Crippen LogP contribution in [0.15, 0.2) is 40.9 Å². The lowest BCUT2D eigenvalue weighted by Crippen LogP contribution is -2.14. The summed E-state index contributed by atoms with van der Waals surface area (Å²) in [5.41, 5.74) is 9.18. The van der Waals surface area contributed by atoms with Crippen molar-refractivity contribution in [2.24, 2.45) is 5.73 Å². The van der Waals surface area contributed by atoms with Crippen LogP contribution in [-0.4, -0.2) is 6.61 Å². The summed E-state index contributed by atoms with van der Waals surface area (Å²) in [7, 11) is 0. The normalized spacial score (nSPS) is 15.3. The van der Waals surface area contributed by atoms with Crippen LogP contribution in [0, 0.1) is 5.82 Å². The number of rotatable bonds is 2. The second-order valence-electron chi connectivity index (χ2n) is 4.97. The smallest absolute Gasteiger partial charge is 0.137 e. The molecule has 2 N–H and O–H groups in total. The van der Waals surface area contributed by atoms with Gasteiger partial charge in [-0.05, 0) is 63.7 Å². The van der Waals surface area contributed by atoms with Crippen LogP contribution in [0.3, 0.4) is 0 Å². The Morgan fingerprint density at radius 3 is 2.70 bits per heavy atom. The fraction of sp³-hybridized carbons (Fsp3) is 0.250. The Kier molecular flexibility index (Phi) is 3.76. The average molecular weight is 336 g/mol. The molecule has 0 bridgehead atoms. The molecule has 2 aromatic rings. The lowest BCUT2D eigenvalue weighted by atomic mass is 9.95. The Morgan fingerprint density at radius 2 is 1.90 bits per heavy atom. The third-order valence-electron chi connectivity index (χ3n) is 3.59. The van der Waals surface area contributed by atoms with E-state index in [4.69, 9.17) is 10.5 Å². The minimum Gasteiger partial charge on any atom is -0.493 e. The summed E-state index contributed by atoms with van der Waals surface area (Å²) in [4.78, 5) is 0. The summed E-state index contributed by atoms with van der Waals surface area (Å²) in [6.45, 7) is 0.774. The minimum atomic E-state index is -0.329. The summed E-state index contributed by atoms with van der Waals surface area (Å²) in [6.07, 6.45) is 2.03. The first-order valence-corrected chi connectivity index (χ1v) is 7.40. The van der Waals surface area contributed by atoms with Crippen LogP contribution in [0.1, 0.15) is 29.2 Å². The van der Waals surface area contributed by atoms with Crippen LogP contribution in [0.4, 0.5) is 4.39 Å². The first-order valence-electron chi connectivity index (χ1n) is 6.61. The molecular weight excluding hydrogens is 321 g/mol. The third kappa shape index (κ3) is 2.58. The van der Waals surface area contributed by atoms with E-state index in [-0.39, 0.29) is 11.9 Å². The van der Waals surface area contributed by atoms with E-state index in [1.165, 1.54) is 11.6 Å². The first kappa shape index (κ1) is 13.6. The Bertz CT molecular complexity index is 644. The maximum absolute atomic E-state index is 13.6. The third-order valence-corrected chi connectivity index (χ3v) is 4.24. The molecule has 0 aliphatic carbocycles. The molecule has 0 fully saturated rings. The van der Waals surface area contributed by atoms with Crippen molar-refractivity contribution in [3.63, 3.8) is 0 Å². The Morgan fingerprint density at radius 1 is 1.15 bits per heavy atom. The van der Waals surface area contributed by atoms with E-state index in [1.807, 2.05) is 18.2 Å². The lowest BCUT2D eigenvalue weighted by molar-refractivity contribution is 0.288. The van der Waals surface area contributed by atoms with Crippen molar-refractivity contribution < 1.29 is 9.13 Å². The van der Waals surface area contributed by atoms with Gasteiger partial charge in [-0.25, -0.2) is 4.39 Å². The first-order chi connectivity index (χ1) is 9.65. The number of hydrogen-bond acceptors (Lipinski definition) is 2. The number of benzene rings is 2. The highest BCUT2D eigenvalue weighted by Crippen LogP contribution is 2.30. The van der Waals surface area contributed by atoms with Gasteiger partial charge >= 0.3 is 0 Å². The number of fused-ring (bicyclic) bond motifs is 1. The largest absolute Gasteiger partial charge is 0.493 e. The molecular formula is C16H15BrFNO. The van der Waals surface area contributed by atoms with E-state index < -0.39 is 0 Å². The molecule has 0 saturated heterocycles. The van der Waals surface area contributed by atoms with Gasteiger partial charge in [-0.3, -0.25) is 0 Å². The monoisotopic (exact) mass is 335 g/mol. The Hall–Kier alpha value is -1.39. The van der Waals surface area contributed by atoms with E-state index >= 15 is 0 Å². The number of aryl methyl sites for hydroxylation is 1. The Balaban J connectivity index is 1.93. The molecule has 0 saturated carbocycles. The van der Waals surface area contributed by atoms with Gasteiger partial charge in [0.1, 0.15) is 11.6 Å². The maximum Gasteiger partial charge on any atom is 0.137 e. The zero-order valence-electron chi connectivity index (χ0n) is 10.9. The molecule has 1 atom stereocenters. The summed E-state index contributed by atoms with van der Waals surface area (Å²) >= 11 is 3.15. The van der Waals surface area contributed by atoms with Gasteiger partial charge in [0.05, 0.1) is 17.1 Å². The van der Waals surface area contributed by atoms with Crippen molar-refractivity contribution in [3.05, 3.63) is 63.4 Å². The van der Waals surface area contributed by atoms with Gasteiger partial charge in [-0.15, -0.1) is 0 Å². The minimum absolute atomic E-state index is 0.292. The highest BCUT2D eigenvalue weighted by molar-refractivity contribution is 9.10. The zero-order chi connectivity index (χ0) is 14.1. The molecule has 1 unspecified atom stereocenters. The van der Waals surface area contributed by atoms with E-state index in [9.17, 15) is 4.39 Å². The van der Waals surface area contributed by atoms with E-state index in [2.05, 4.69) is 22.0 Å². The van der Waals surface area contributed by atoms with Gasteiger partial charge in [-0.2, -0.15) is 0 Å². The zero-order valence-corrected chi connectivity index (χ0v) is 12.5. The second-order valence-corrected chi connectivity index (χ2v) is 5.82. The molecule has 1 aliphatic rings. The summed E-state index contributed by atoms with van der Waals surface area (Å²) in [6, 6.07) is 10.7. The molecule has 0 aromatic heterocycles. The topological polar surface area (TPSA) is 35.2 Å². The van der Waals surface area contributed by atoms with Gasteiger partial charge in [0.15, 0.2) is 0 Å². The fourth-order valence-corrected chi connectivity index (χ4v) is 2.72. The molecule has 4 heteroatoms. The van der Waals surface area contributed by atoms with E-state index in [0.29, 0.717) is 4.47 Å². The van der Waals surface area contributed by atoms with Crippen LogP contribution in [0.25, 0.3) is 0 Å². The highest BCUT2D eigenvalue weighted by Gasteiger charge is 2.15. The fourth-order valence-electron chi connectivity index (χ4n) is 2.47. The molecule has 104 valence electrons. The number of nitrogens with two attached hydrogens (primary N) is 1. The highest BCUT2D eigenvalue weighted by atomic mass is 79.9. The Labute approximate surface area is 125 Å².